The summed E-state index contributed by atoms with van der Waals surface area (Å²) < 4.78 is 5.18. The molecule has 1 aliphatic carbocycles. The molecule has 0 aliphatic heterocycles. The van der Waals surface area contributed by atoms with Gasteiger partial charge in [0.15, 0.2) is 0 Å². The second kappa shape index (κ2) is 4.25. The molecule has 0 saturated heterocycles. The Morgan fingerprint density at radius 2 is 1.81 bits per heavy atom. The summed E-state index contributed by atoms with van der Waals surface area (Å²) in [5, 5.41) is 0. The molecule has 0 heterocycles. The first-order valence-corrected chi connectivity index (χ1v) is 9.84. The summed E-state index contributed by atoms with van der Waals surface area (Å²) in [6.07, 6.45) is 1.40. The molecule has 0 N–H and O–H groups in total. The highest BCUT2D eigenvalue weighted by molar-refractivity contribution is 6.76. The number of hydrogen-bond acceptors (Lipinski definition) is 1. The smallest absolute Gasteiger partial charge is 0.118 e. The van der Waals surface area contributed by atoms with Crippen LogP contribution in [-0.4, -0.2) is 15.2 Å². The molecule has 1 aromatic carbocycles. The van der Waals surface area contributed by atoms with Crippen LogP contribution in [-0.2, 0) is 0 Å². The maximum atomic E-state index is 5.18. The van der Waals surface area contributed by atoms with Crippen molar-refractivity contribution in [3.8, 4) is 5.75 Å². The predicted molar refractivity (Wildman–Crippen MR) is 72.0 cm³/mol. The SMILES string of the molecule is COc1ccc([C@H]2C[C@H]2C[Si](C)(C)C)cc1. The van der Waals surface area contributed by atoms with Crippen molar-refractivity contribution in [2.24, 2.45) is 5.92 Å². The van der Waals surface area contributed by atoms with Crippen molar-refractivity contribution in [3.63, 3.8) is 0 Å². The van der Waals surface area contributed by atoms with E-state index in [1.165, 1.54) is 18.0 Å². The highest BCUT2D eigenvalue weighted by atomic mass is 28.3. The molecule has 88 valence electrons. The van der Waals surface area contributed by atoms with E-state index in [4.69, 9.17) is 4.74 Å². The predicted octanol–water partition coefficient (Wildman–Crippen LogP) is 4.14. The van der Waals surface area contributed by atoms with Crippen LogP contribution in [0.3, 0.4) is 0 Å². The van der Waals surface area contributed by atoms with Gasteiger partial charge in [-0.3, -0.25) is 0 Å². The van der Waals surface area contributed by atoms with E-state index < -0.39 is 8.07 Å². The highest BCUT2D eigenvalue weighted by Gasteiger charge is 2.40. The van der Waals surface area contributed by atoms with Gasteiger partial charge in [0.05, 0.1) is 7.11 Å². The zero-order valence-corrected chi connectivity index (χ0v) is 11.8. The molecule has 1 aliphatic rings. The highest BCUT2D eigenvalue weighted by Crippen LogP contribution is 2.51. The average molecular weight is 234 g/mol. The first-order chi connectivity index (χ1) is 7.49. The Bertz CT molecular complexity index is 350. The summed E-state index contributed by atoms with van der Waals surface area (Å²) in [5.74, 6) is 2.75. The van der Waals surface area contributed by atoms with E-state index in [-0.39, 0.29) is 0 Å². The van der Waals surface area contributed by atoms with Crippen molar-refractivity contribution in [3.05, 3.63) is 29.8 Å². The molecule has 16 heavy (non-hydrogen) atoms. The zero-order valence-electron chi connectivity index (χ0n) is 10.8. The fourth-order valence-electron chi connectivity index (χ4n) is 2.52. The topological polar surface area (TPSA) is 9.23 Å². The molecule has 1 fully saturated rings. The minimum absolute atomic E-state index is 0.831. The van der Waals surface area contributed by atoms with E-state index in [0.29, 0.717) is 0 Å². The second-order valence-corrected chi connectivity index (χ2v) is 11.7. The molecule has 1 nitrogen and oxygen atoms in total. The lowest BCUT2D eigenvalue weighted by Gasteiger charge is -2.15. The quantitative estimate of drug-likeness (QED) is 0.712. The van der Waals surface area contributed by atoms with Crippen LogP contribution in [0.4, 0.5) is 0 Å². The summed E-state index contributed by atoms with van der Waals surface area (Å²) in [6.45, 7) is 7.41. The van der Waals surface area contributed by atoms with Gasteiger partial charge in [-0.15, -0.1) is 0 Å². The molecular formula is C14H22OSi. The summed E-state index contributed by atoms with van der Waals surface area (Å²) >= 11 is 0. The molecule has 0 radical (unpaired) electrons. The lowest BCUT2D eigenvalue weighted by molar-refractivity contribution is 0.414. The largest absolute Gasteiger partial charge is 0.497 e. The normalized spacial score (nSPS) is 24.2. The molecule has 1 aromatic rings. The number of hydrogen-bond donors (Lipinski definition) is 0. The van der Waals surface area contributed by atoms with E-state index in [1.807, 2.05) is 0 Å². The maximum absolute atomic E-state index is 5.18. The van der Waals surface area contributed by atoms with Crippen molar-refractivity contribution in [1.29, 1.82) is 0 Å². The fraction of sp³-hybridized carbons (Fsp3) is 0.571. The third kappa shape index (κ3) is 2.88. The van der Waals surface area contributed by atoms with Gasteiger partial charge in [-0.1, -0.05) is 37.8 Å². The van der Waals surface area contributed by atoms with Gasteiger partial charge in [0.2, 0.25) is 0 Å². The van der Waals surface area contributed by atoms with Gasteiger partial charge in [-0.25, -0.2) is 0 Å². The van der Waals surface area contributed by atoms with E-state index >= 15 is 0 Å². The molecule has 0 amide bonds. The number of benzene rings is 1. The standard InChI is InChI=1S/C14H22OSi/c1-15-13-7-5-11(6-8-13)14-9-12(14)10-16(2,3)4/h5-8,12,14H,9-10H2,1-4H3/t12-,14+/m0/s1. The Kier molecular flexibility index (Phi) is 3.11. The molecular weight excluding hydrogens is 212 g/mol. The molecule has 2 rings (SSSR count). The second-order valence-electron chi connectivity index (χ2n) is 6.14. The number of methoxy groups -OCH3 is 1. The summed E-state index contributed by atoms with van der Waals surface area (Å²) in [4.78, 5) is 0. The van der Waals surface area contributed by atoms with Gasteiger partial charge in [0.1, 0.15) is 5.75 Å². The Morgan fingerprint density at radius 1 is 1.19 bits per heavy atom. The Labute approximate surface area is 99.8 Å². The van der Waals surface area contributed by atoms with Crippen LogP contribution in [0.1, 0.15) is 17.9 Å². The monoisotopic (exact) mass is 234 g/mol. The van der Waals surface area contributed by atoms with Gasteiger partial charge in [-0.2, -0.15) is 0 Å². The van der Waals surface area contributed by atoms with Crippen molar-refractivity contribution in [2.45, 2.75) is 38.0 Å². The first-order valence-electron chi connectivity index (χ1n) is 6.13. The minimum Gasteiger partial charge on any atom is -0.497 e. The Hall–Kier alpha value is -0.763. The van der Waals surface area contributed by atoms with E-state index in [1.54, 1.807) is 7.11 Å². The van der Waals surface area contributed by atoms with E-state index in [9.17, 15) is 0 Å². The van der Waals surface area contributed by atoms with Gasteiger partial charge in [-0.05, 0) is 36.0 Å². The van der Waals surface area contributed by atoms with Crippen LogP contribution in [0.5, 0.6) is 5.75 Å². The molecule has 0 aromatic heterocycles. The van der Waals surface area contributed by atoms with Crippen LogP contribution in [0.15, 0.2) is 24.3 Å². The number of rotatable bonds is 4. The molecule has 0 unspecified atom stereocenters. The number of ether oxygens (including phenoxy) is 1. The summed E-state index contributed by atoms with van der Waals surface area (Å²) in [7, 11) is 0.847. The van der Waals surface area contributed by atoms with Crippen LogP contribution >= 0.6 is 0 Å². The molecule has 2 heteroatoms. The molecule has 1 saturated carbocycles. The summed E-state index contributed by atoms with van der Waals surface area (Å²) in [5.41, 5.74) is 1.50. The average Bonchev–Trinajstić information content (AvgIpc) is 2.95. The van der Waals surface area contributed by atoms with Crippen molar-refractivity contribution >= 4 is 8.07 Å². The van der Waals surface area contributed by atoms with E-state index in [0.717, 1.165) is 17.6 Å². The van der Waals surface area contributed by atoms with Gasteiger partial charge >= 0.3 is 0 Å². The van der Waals surface area contributed by atoms with E-state index in [2.05, 4.69) is 43.9 Å². The van der Waals surface area contributed by atoms with Crippen molar-refractivity contribution in [2.75, 3.05) is 7.11 Å². The minimum atomic E-state index is -0.875. The lowest BCUT2D eigenvalue weighted by Crippen LogP contribution is -2.20. The fourth-order valence-corrected chi connectivity index (χ4v) is 4.54. The Balaban J connectivity index is 1.95. The lowest BCUT2D eigenvalue weighted by atomic mass is 10.1. The molecule has 2 atom stereocenters. The van der Waals surface area contributed by atoms with Gasteiger partial charge in [0.25, 0.3) is 0 Å². The summed E-state index contributed by atoms with van der Waals surface area (Å²) in [6, 6.07) is 10.1. The van der Waals surface area contributed by atoms with Crippen LogP contribution in [0, 0.1) is 5.92 Å². The van der Waals surface area contributed by atoms with Crippen LogP contribution < -0.4 is 4.74 Å². The maximum Gasteiger partial charge on any atom is 0.118 e. The van der Waals surface area contributed by atoms with Crippen molar-refractivity contribution in [1.82, 2.24) is 0 Å². The van der Waals surface area contributed by atoms with Crippen LogP contribution in [0.25, 0.3) is 0 Å². The third-order valence-corrected chi connectivity index (χ3v) is 5.09. The zero-order chi connectivity index (χ0) is 11.8. The van der Waals surface area contributed by atoms with Crippen LogP contribution in [0.2, 0.25) is 25.7 Å². The third-order valence-electron chi connectivity index (χ3n) is 3.34. The Morgan fingerprint density at radius 3 is 2.31 bits per heavy atom. The van der Waals surface area contributed by atoms with Gasteiger partial charge in [0, 0.05) is 8.07 Å². The van der Waals surface area contributed by atoms with Crippen molar-refractivity contribution < 1.29 is 4.74 Å². The molecule has 0 spiro atoms. The molecule has 0 bridgehead atoms. The first kappa shape index (κ1) is 11.7. The van der Waals surface area contributed by atoms with Gasteiger partial charge < -0.3 is 4.74 Å².